The number of H-pyrrole nitrogens is 1. The number of nitrogens with one attached hydrogen (secondary N) is 2. The molecule has 7 heteroatoms. The Kier molecular flexibility index (Phi) is 5.03. The van der Waals surface area contributed by atoms with Gasteiger partial charge in [-0.3, -0.25) is 4.79 Å². The second-order valence-electron chi connectivity index (χ2n) is 6.78. The second kappa shape index (κ2) is 7.07. The first-order chi connectivity index (χ1) is 11.8. The number of alkyl halides is 3. The Bertz CT molecular complexity index is 740. The first-order valence-electron chi connectivity index (χ1n) is 8.52. The fourth-order valence-corrected chi connectivity index (χ4v) is 3.56. The Morgan fingerprint density at radius 3 is 2.84 bits per heavy atom. The average molecular weight is 353 g/mol. The highest BCUT2D eigenvalue weighted by molar-refractivity contribution is 5.86. The average Bonchev–Trinajstić information content (AvgIpc) is 2.97. The fraction of sp³-hybridized carbons (Fsp3) is 0.500. The van der Waals surface area contributed by atoms with Gasteiger partial charge in [0, 0.05) is 23.1 Å². The van der Waals surface area contributed by atoms with Gasteiger partial charge in [-0.1, -0.05) is 24.6 Å². The van der Waals surface area contributed by atoms with E-state index in [0.29, 0.717) is 19.3 Å². The number of aromatic amines is 1. The van der Waals surface area contributed by atoms with Crippen molar-refractivity contribution >= 4 is 16.8 Å². The van der Waals surface area contributed by atoms with E-state index >= 15 is 0 Å². The number of aromatic nitrogens is 1. The summed E-state index contributed by atoms with van der Waals surface area (Å²) in [6.45, 7) is 0. The van der Waals surface area contributed by atoms with Gasteiger partial charge in [-0.05, 0) is 37.3 Å². The molecule has 1 saturated carbocycles. The lowest BCUT2D eigenvalue weighted by Gasteiger charge is -2.31. The Labute approximate surface area is 144 Å². The third-order valence-corrected chi connectivity index (χ3v) is 4.94. The Balaban J connectivity index is 1.59. The number of nitrogens with two attached hydrogens (primary N) is 1. The molecule has 1 amide bonds. The van der Waals surface area contributed by atoms with Gasteiger partial charge in [0.15, 0.2) is 0 Å². The van der Waals surface area contributed by atoms with Gasteiger partial charge in [-0.15, -0.1) is 0 Å². The van der Waals surface area contributed by atoms with E-state index in [9.17, 15) is 18.0 Å². The quantitative estimate of drug-likeness (QED) is 0.789. The van der Waals surface area contributed by atoms with Crippen LogP contribution in [0.15, 0.2) is 30.5 Å². The molecule has 1 aromatic carbocycles. The highest BCUT2D eigenvalue weighted by atomic mass is 19.4. The summed E-state index contributed by atoms with van der Waals surface area (Å²) in [5, 5.41) is 3.71. The van der Waals surface area contributed by atoms with E-state index in [2.05, 4.69) is 10.3 Å². The van der Waals surface area contributed by atoms with Gasteiger partial charge in [-0.25, -0.2) is 0 Å². The molecule has 0 spiro atoms. The van der Waals surface area contributed by atoms with Crippen molar-refractivity contribution in [1.82, 2.24) is 10.3 Å². The molecule has 1 aliphatic carbocycles. The number of benzene rings is 1. The van der Waals surface area contributed by atoms with Gasteiger partial charge < -0.3 is 16.0 Å². The number of halogens is 3. The van der Waals surface area contributed by atoms with Gasteiger partial charge in [0.2, 0.25) is 5.91 Å². The first-order valence-corrected chi connectivity index (χ1v) is 8.52. The van der Waals surface area contributed by atoms with Gasteiger partial charge in [0.1, 0.15) is 0 Å². The third-order valence-electron chi connectivity index (χ3n) is 4.94. The molecule has 3 atom stereocenters. The van der Waals surface area contributed by atoms with Crippen molar-refractivity contribution in [2.75, 3.05) is 0 Å². The van der Waals surface area contributed by atoms with Crippen molar-refractivity contribution in [3.05, 3.63) is 36.0 Å². The molecule has 1 aromatic heterocycles. The van der Waals surface area contributed by atoms with Crippen LogP contribution in [0, 0.1) is 5.92 Å². The molecular weight excluding hydrogens is 331 g/mol. The third kappa shape index (κ3) is 4.15. The maximum atomic E-state index is 12.9. The highest BCUT2D eigenvalue weighted by Gasteiger charge is 2.42. The number of fused-ring (bicyclic) bond motifs is 1. The van der Waals surface area contributed by atoms with Crippen molar-refractivity contribution in [2.45, 2.75) is 50.4 Å². The number of hydrogen-bond donors (Lipinski definition) is 3. The predicted molar refractivity (Wildman–Crippen MR) is 89.9 cm³/mol. The van der Waals surface area contributed by atoms with E-state index < -0.39 is 30.1 Å². The summed E-state index contributed by atoms with van der Waals surface area (Å²) in [5.74, 6) is -1.73. The first kappa shape index (κ1) is 17.8. The normalized spacial score (nSPS) is 22.7. The van der Waals surface area contributed by atoms with Crippen LogP contribution in [0.25, 0.3) is 10.9 Å². The molecule has 1 fully saturated rings. The Morgan fingerprint density at radius 2 is 2.08 bits per heavy atom. The lowest BCUT2D eigenvalue weighted by atomic mass is 9.85. The summed E-state index contributed by atoms with van der Waals surface area (Å²) in [5.41, 5.74) is 7.88. The standard InChI is InChI=1S/C18H22F3N3O/c19-18(20,21)12-4-3-5-13(9-12)24-17(25)15(22)8-11-10-23-16-7-2-1-6-14(11)16/h1-2,6-7,10,12-13,15,23H,3-5,8-9,22H2,(H,24,25)/t12?,13?,15-/m0/s1. The molecule has 4 N–H and O–H groups in total. The summed E-state index contributed by atoms with van der Waals surface area (Å²) < 4.78 is 38.6. The Hall–Kier alpha value is -2.02. The largest absolute Gasteiger partial charge is 0.391 e. The highest BCUT2D eigenvalue weighted by Crippen LogP contribution is 2.37. The number of carbonyl (C=O) groups is 1. The molecule has 3 rings (SSSR count). The van der Waals surface area contributed by atoms with Crippen LogP contribution in [-0.4, -0.2) is 29.2 Å². The zero-order chi connectivity index (χ0) is 18.0. The fourth-order valence-electron chi connectivity index (χ4n) is 3.56. The molecule has 0 bridgehead atoms. The van der Waals surface area contributed by atoms with Crippen LogP contribution >= 0.6 is 0 Å². The minimum absolute atomic E-state index is 0.0605. The molecule has 136 valence electrons. The van der Waals surface area contributed by atoms with Crippen molar-refractivity contribution in [3.8, 4) is 0 Å². The lowest BCUT2D eigenvalue weighted by Crippen LogP contribution is -2.48. The summed E-state index contributed by atoms with van der Waals surface area (Å²) in [4.78, 5) is 15.4. The van der Waals surface area contributed by atoms with Gasteiger partial charge in [-0.2, -0.15) is 13.2 Å². The number of hydrogen-bond acceptors (Lipinski definition) is 2. The number of carbonyl (C=O) groups excluding carboxylic acids is 1. The Morgan fingerprint density at radius 1 is 1.32 bits per heavy atom. The van der Waals surface area contributed by atoms with E-state index in [1.165, 1.54) is 0 Å². The van der Waals surface area contributed by atoms with Crippen molar-refractivity contribution in [2.24, 2.45) is 11.7 Å². The monoisotopic (exact) mass is 353 g/mol. The van der Waals surface area contributed by atoms with E-state index in [1.807, 2.05) is 30.5 Å². The van der Waals surface area contributed by atoms with Crippen LogP contribution in [0.2, 0.25) is 0 Å². The minimum atomic E-state index is -4.20. The lowest BCUT2D eigenvalue weighted by molar-refractivity contribution is -0.184. The maximum absolute atomic E-state index is 12.9. The van der Waals surface area contributed by atoms with Crippen LogP contribution in [0.1, 0.15) is 31.2 Å². The molecule has 2 aromatic rings. The van der Waals surface area contributed by atoms with Crippen LogP contribution in [0.5, 0.6) is 0 Å². The molecule has 0 saturated heterocycles. The molecule has 1 aliphatic rings. The summed E-state index contributed by atoms with van der Waals surface area (Å²) in [6.07, 6.45) is -0.934. The van der Waals surface area contributed by atoms with E-state index in [-0.39, 0.29) is 12.8 Å². The van der Waals surface area contributed by atoms with Crippen LogP contribution < -0.4 is 11.1 Å². The van der Waals surface area contributed by atoms with Crippen molar-refractivity contribution < 1.29 is 18.0 Å². The number of amides is 1. The second-order valence-corrected chi connectivity index (χ2v) is 6.78. The maximum Gasteiger partial charge on any atom is 0.391 e. The molecular formula is C18H22F3N3O. The summed E-state index contributed by atoms with van der Waals surface area (Å²) in [6, 6.07) is 6.46. The number of para-hydroxylation sites is 1. The zero-order valence-corrected chi connectivity index (χ0v) is 13.8. The van der Waals surface area contributed by atoms with Crippen LogP contribution in [-0.2, 0) is 11.2 Å². The molecule has 2 unspecified atom stereocenters. The van der Waals surface area contributed by atoms with E-state index in [0.717, 1.165) is 16.5 Å². The van der Waals surface area contributed by atoms with Gasteiger partial charge in [0.05, 0.1) is 12.0 Å². The van der Waals surface area contributed by atoms with Crippen LogP contribution in [0.4, 0.5) is 13.2 Å². The molecule has 25 heavy (non-hydrogen) atoms. The zero-order valence-electron chi connectivity index (χ0n) is 13.8. The molecule has 4 nitrogen and oxygen atoms in total. The molecule has 0 radical (unpaired) electrons. The van der Waals surface area contributed by atoms with Crippen LogP contribution in [0.3, 0.4) is 0 Å². The SMILES string of the molecule is N[C@@H](Cc1c[nH]c2ccccc12)C(=O)NC1CCCC(C(F)(F)F)C1. The molecule has 0 aliphatic heterocycles. The van der Waals surface area contributed by atoms with E-state index in [1.54, 1.807) is 0 Å². The molecule has 1 heterocycles. The van der Waals surface area contributed by atoms with Gasteiger partial charge in [0.25, 0.3) is 0 Å². The van der Waals surface area contributed by atoms with Crippen molar-refractivity contribution in [3.63, 3.8) is 0 Å². The van der Waals surface area contributed by atoms with E-state index in [4.69, 9.17) is 5.73 Å². The summed E-state index contributed by atoms with van der Waals surface area (Å²) in [7, 11) is 0. The predicted octanol–water partition coefficient (Wildman–Crippen LogP) is 3.28. The topological polar surface area (TPSA) is 70.9 Å². The minimum Gasteiger partial charge on any atom is -0.361 e. The van der Waals surface area contributed by atoms with Gasteiger partial charge >= 0.3 is 6.18 Å². The summed E-state index contributed by atoms with van der Waals surface area (Å²) >= 11 is 0. The van der Waals surface area contributed by atoms with Crippen molar-refractivity contribution in [1.29, 1.82) is 0 Å². The number of rotatable bonds is 4. The smallest absolute Gasteiger partial charge is 0.361 e.